The predicted octanol–water partition coefficient (Wildman–Crippen LogP) is 4.94. The third-order valence-corrected chi connectivity index (χ3v) is 7.37. The molecule has 2 aliphatic rings. The van der Waals surface area contributed by atoms with Gasteiger partial charge in [-0.05, 0) is 56.2 Å². The van der Waals surface area contributed by atoms with E-state index in [2.05, 4.69) is 17.6 Å². The van der Waals surface area contributed by atoms with Crippen LogP contribution >= 0.6 is 0 Å². The number of carbonyl (C=O) groups is 1. The number of hydrogen-bond donors (Lipinski definition) is 0. The maximum Gasteiger partial charge on any atom is 0.262 e. The molecule has 1 aliphatic heterocycles. The number of amides is 1. The van der Waals surface area contributed by atoms with Crippen LogP contribution in [0.25, 0.3) is 17.0 Å². The van der Waals surface area contributed by atoms with E-state index in [1.807, 2.05) is 35.4 Å². The highest BCUT2D eigenvalue weighted by Gasteiger charge is 2.24. The Morgan fingerprint density at radius 2 is 1.89 bits per heavy atom. The highest BCUT2D eigenvalue weighted by atomic mass is 16.5. The van der Waals surface area contributed by atoms with E-state index >= 15 is 0 Å². The minimum absolute atomic E-state index is 0.0206. The molecule has 0 radical (unpaired) electrons. The smallest absolute Gasteiger partial charge is 0.262 e. The van der Waals surface area contributed by atoms with Crippen LogP contribution in [0, 0.1) is 17.2 Å². The molecule has 2 fully saturated rings. The topological polar surface area (TPSA) is 92.6 Å². The Morgan fingerprint density at radius 3 is 2.56 bits per heavy atom. The van der Waals surface area contributed by atoms with Gasteiger partial charge in [0.25, 0.3) is 5.56 Å². The summed E-state index contributed by atoms with van der Waals surface area (Å²) in [5.41, 5.74) is 2.63. The van der Waals surface area contributed by atoms with Crippen LogP contribution in [-0.4, -0.2) is 32.5 Å². The molecule has 188 valence electrons. The Hall–Kier alpha value is -3.60. The Balaban J connectivity index is 1.47. The molecule has 0 spiro atoms. The number of hydrogen-bond acceptors (Lipinski definition) is 5. The van der Waals surface area contributed by atoms with E-state index in [9.17, 15) is 9.59 Å². The summed E-state index contributed by atoms with van der Waals surface area (Å²) in [7, 11) is 0. The minimum atomic E-state index is -0.171. The summed E-state index contributed by atoms with van der Waals surface area (Å²) in [4.78, 5) is 31.8. The predicted molar refractivity (Wildman–Crippen MR) is 138 cm³/mol. The van der Waals surface area contributed by atoms with Crippen LogP contribution in [0.3, 0.4) is 0 Å². The molecule has 0 bridgehead atoms. The number of unbranched alkanes of at least 4 members (excludes halogenated alkanes) is 2. The van der Waals surface area contributed by atoms with Gasteiger partial charge in [-0.3, -0.25) is 14.0 Å². The molecular formula is C28H33N5O3. The van der Waals surface area contributed by atoms with Crippen molar-refractivity contribution in [3.63, 3.8) is 0 Å². The number of benzene rings is 1. The quantitative estimate of drug-likeness (QED) is 0.420. The molecule has 0 unspecified atom stereocenters. The van der Waals surface area contributed by atoms with Crippen molar-refractivity contribution in [3.05, 3.63) is 46.9 Å². The van der Waals surface area contributed by atoms with E-state index < -0.39 is 0 Å². The first-order chi connectivity index (χ1) is 17.6. The summed E-state index contributed by atoms with van der Waals surface area (Å²) in [6.07, 6.45) is 9.73. The third kappa shape index (κ3) is 4.88. The molecule has 1 aromatic carbocycles. The summed E-state index contributed by atoms with van der Waals surface area (Å²) < 4.78 is 9.83. The summed E-state index contributed by atoms with van der Waals surface area (Å²) in [6.45, 7) is 3.67. The molecule has 3 heterocycles. The van der Waals surface area contributed by atoms with E-state index in [4.69, 9.17) is 15.0 Å². The average Bonchev–Trinajstić information content (AvgIpc) is 3.49. The molecule has 0 atom stereocenters. The van der Waals surface area contributed by atoms with Crippen LogP contribution in [-0.2, 0) is 11.3 Å². The molecule has 36 heavy (non-hydrogen) atoms. The monoisotopic (exact) mass is 487 g/mol. The van der Waals surface area contributed by atoms with E-state index in [0.717, 1.165) is 81.4 Å². The summed E-state index contributed by atoms with van der Waals surface area (Å²) in [5, 5.41) is 9.15. The number of anilines is 1. The van der Waals surface area contributed by atoms with E-state index in [1.54, 1.807) is 4.40 Å². The van der Waals surface area contributed by atoms with Gasteiger partial charge in [0.2, 0.25) is 17.6 Å². The van der Waals surface area contributed by atoms with Crippen molar-refractivity contribution in [2.24, 2.45) is 5.92 Å². The number of aromatic nitrogens is 3. The second-order valence-electron chi connectivity index (χ2n) is 9.89. The number of ether oxygens (including phenoxy) is 1. The van der Waals surface area contributed by atoms with E-state index in [1.165, 1.54) is 6.07 Å². The zero-order valence-electron chi connectivity index (χ0n) is 20.9. The number of nitriles is 1. The summed E-state index contributed by atoms with van der Waals surface area (Å²) >= 11 is 0. The Bertz CT molecular complexity index is 1330. The van der Waals surface area contributed by atoms with Crippen molar-refractivity contribution in [1.82, 2.24) is 14.0 Å². The van der Waals surface area contributed by atoms with Crippen LogP contribution in [0.15, 0.2) is 41.3 Å². The number of fused-ring (bicyclic) bond motifs is 1. The Kier molecular flexibility index (Phi) is 7.08. The van der Waals surface area contributed by atoms with Gasteiger partial charge in [0.1, 0.15) is 6.10 Å². The van der Waals surface area contributed by atoms with Crippen LogP contribution in [0.2, 0.25) is 0 Å². The Labute approximate surface area is 211 Å². The fourth-order valence-corrected chi connectivity index (χ4v) is 5.31. The normalized spacial score (nSPS) is 20.1. The second kappa shape index (κ2) is 10.6. The maximum atomic E-state index is 13.1. The van der Waals surface area contributed by atoms with Gasteiger partial charge in [0.15, 0.2) is 0 Å². The van der Waals surface area contributed by atoms with Crippen molar-refractivity contribution in [2.75, 3.05) is 11.4 Å². The van der Waals surface area contributed by atoms with Gasteiger partial charge in [-0.25, -0.2) is 0 Å². The average molecular weight is 488 g/mol. The summed E-state index contributed by atoms with van der Waals surface area (Å²) in [6, 6.07) is 11.8. The fourth-order valence-electron chi connectivity index (χ4n) is 5.31. The lowest BCUT2D eigenvalue weighted by Gasteiger charge is -2.25. The molecule has 8 heteroatoms. The standard InChI is InChI=1S/C28H33N5O3/c1-2-3-4-15-32-24(21-9-11-22(12-10-21)31-16-5-6-26(31)34)19-33-27(35)17-25(30-28(32)33)36-23-13-7-20(18-29)8-14-23/h9-12,17,19-20,23H,2-8,13-16H2,1H3. The second-order valence-corrected chi connectivity index (χ2v) is 9.89. The van der Waals surface area contributed by atoms with Crippen LogP contribution in [0.5, 0.6) is 5.88 Å². The molecule has 5 rings (SSSR count). The van der Waals surface area contributed by atoms with Crippen molar-refractivity contribution < 1.29 is 9.53 Å². The SMILES string of the molecule is CCCCCn1c(-c2ccc(N3CCCC3=O)cc2)cn2c(=O)cc(OC3CCC(C#N)CC3)nc12. The van der Waals surface area contributed by atoms with Crippen molar-refractivity contribution in [2.45, 2.75) is 77.4 Å². The molecular weight excluding hydrogens is 454 g/mol. The molecule has 1 saturated carbocycles. The van der Waals surface area contributed by atoms with Gasteiger partial charge in [-0.15, -0.1) is 0 Å². The number of nitrogens with zero attached hydrogens (tertiary/aromatic N) is 5. The number of imidazole rings is 1. The van der Waals surface area contributed by atoms with Crippen molar-refractivity contribution in [1.29, 1.82) is 5.26 Å². The zero-order chi connectivity index (χ0) is 25.1. The van der Waals surface area contributed by atoms with E-state index in [0.29, 0.717) is 18.1 Å². The highest BCUT2D eigenvalue weighted by molar-refractivity contribution is 5.95. The van der Waals surface area contributed by atoms with Crippen LogP contribution < -0.4 is 15.2 Å². The van der Waals surface area contributed by atoms with Crippen molar-refractivity contribution in [3.8, 4) is 23.2 Å². The molecule has 1 aliphatic carbocycles. The maximum absolute atomic E-state index is 13.1. The molecule has 0 N–H and O–H groups in total. The lowest BCUT2D eigenvalue weighted by molar-refractivity contribution is -0.117. The van der Waals surface area contributed by atoms with Gasteiger partial charge >= 0.3 is 0 Å². The van der Waals surface area contributed by atoms with Gasteiger partial charge < -0.3 is 14.2 Å². The van der Waals surface area contributed by atoms with Gasteiger partial charge in [-0.1, -0.05) is 31.9 Å². The minimum Gasteiger partial charge on any atom is -0.474 e. The molecule has 2 aromatic heterocycles. The lowest BCUT2D eigenvalue weighted by atomic mass is 9.88. The molecule has 8 nitrogen and oxygen atoms in total. The largest absolute Gasteiger partial charge is 0.474 e. The van der Waals surface area contributed by atoms with Gasteiger partial charge in [0, 0.05) is 37.3 Å². The van der Waals surface area contributed by atoms with Gasteiger partial charge in [-0.2, -0.15) is 10.2 Å². The van der Waals surface area contributed by atoms with Crippen LogP contribution in [0.4, 0.5) is 5.69 Å². The van der Waals surface area contributed by atoms with Gasteiger partial charge in [0.05, 0.1) is 17.8 Å². The zero-order valence-corrected chi connectivity index (χ0v) is 20.9. The molecule has 1 saturated heterocycles. The number of aryl methyl sites for hydroxylation is 1. The van der Waals surface area contributed by atoms with Crippen LogP contribution in [0.1, 0.15) is 64.7 Å². The first kappa shape index (κ1) is 24.1. The molecule has 3 aromatic rings. The third-order valence-electron chi connectivity index (χ3n) is 7.37. The first-order valence-corrected chi connectivity index (χ1v) is 13.2. The highest BCUT2D eigenvalue weighted by Crippen LogP contribution is 2.29. The molecule has 1 amide bonds. The number of rotatable bonds is 8. The lowest BCUT2D eigenvalue weighted by Crippen LogP contribution is -2.25. The van der Waals surface area contributed by atoms with E-state index in [-0.39, 0.29) is 23.5 Å². The number of carbonyl (C=O) groups excluding carboxylic acids is 1. The summed E-state index contributed by atoms with van der Waals surface area (Å²) in [5.74, 6) is 1.19. The first-order valence-electron chi connectivity index (χ1n) is 13.2. The fraction of sp³-hybridized carbons (Fsp3) is 0.500. The van der Waals surface area contributed by atoms with Crippen molar-refractivity contribution >= 4 is 17.4 Å². The Morgan fingerprint density at radius 1 is 1.11 bits per heavy atom.